The second-order valence-corrected chi connectivity index (χ2v) is 9.87. The zero-order valence-corrected chi connectivity index (χ0v) is 18.4. The van der Waals surface area contributed by atoms with Crippen LogP contribution in [-0.4, -0.2) is 45.8 Å². The Hall–Kier alpha value is -2.30. The van der Waals surface area contributed by atoms with Gasteiger partial charge in [0.1, 0.15) is 0 Å². The summed E-state index contributed by atoms with van der Waals surface area (Å²) in [6, 6.07) is 7.28. The van der Waals surface area contributed by atoms with Crippen molar-refractivity contribution in [3.8, 4) is 0 Å². The topological polar surface area (TPSA) is 69.7 Å². The number of nitrogens with zero attached hydrogens (tertiary/aromatic N) is 2. The first-order valence-corrected chi connectivity index (χ1v) is 11.2. The Balaban J connectivity index is 2.02. The maximum atomic E-state index is 13.1. The molecule has 1 saturated heterocycles. The van der Waals surface area contributed by atoms with E-state index in [0.29, 0.717) is 18.8 Å². The van der Waals surface area contributed by atoms with Crippen molar-refractivity contribution in [1.29, 1.82) is 0 Å². The fourth-order valence-electron chi connectivity index (χ4n) is 3.32. The lowest BCUT2D eigenvalue weighted by atomic mass is 10.1. The number of amides is 1. The van der Waals surface area contributed by atoms with Crippen molar-refractivity contribution in [2.45, 2.75) is 23.9 Å². The highest BCUT2D eigenvalue weighted by atomic mass is 35.5. The van der Waals surface area contributed by atoms with Gasteiger partial charge in [-0.1, -0.05) is 11.6 Å². The third-order valence-corrected chi connectivity index (χ3v) is 7.11. The first-order chi connectivity index (χ1) is 14.4. The number of hydrogen-bond donors (Lipinski definition) is 1. The van der Waals surface area contributed by atoms with Gasteiger partial charge in [0, 0.05) is 38.6 Å². The van der Waals surface area contributed by atoms with E-state index < -0.39 is 32.7 Å². The Morgan fingerprint density at radius 2 is 1.74 bits per heavy atom. The Morgan fingerprint density at radius 1 is 1.10 bits per heavy atom. The maximum absolute atomic E-state index is 13.1. The van der Waals surface area contributed by atoms with E-state index in [1.54, 1.807) is 6.07 Å². The summed E-state index contributed by atoms with van der Waals surface area (Å²) < 4.78 is 65.5. The summed E-state index contributed by atoms with van der Waals surface area (Å²) >= 11 is 5.64. The number of alkyl halides is 3. The van der Waals surface area contributed by atoms with Gasteiger partial charge >= 0.3 is 6.18 Å². The van der Waals surface area contributed by atoms with Gasteiger partial charge in [-0.2, -0.15) is 13.2 Å². The lowest BCUT2D eigenvalue weighted by Crippen LogP contribution is -2.25. The molecule has 0 spiro atoms. The van der Waals surface area contributed by atoms with Crippen molar-refractivity contribution >= 4 is 38.9 Å². The van der Waals surface area contributed by atoms with Crippen molar-refractivity contribution < 1.29 is 26.4 Å². The molecule has 1 fully saturated rings. The van der Waals surface area contributed by atoms with Crippen LogP contribution < -0.4 is 10.2 Å². The largest absolute Gasteiger partial charge is 0.417 e. The average molecular weight is 476 g/mol. The standard InChI is InChI=1S/C20H21ClF3N3O3S/c1-26(2)31(29,30)14-6-8-18(27-9-3-4-10-27)15(12-14)19(28)25-13-5-7-17(21)16(11-13)20(22,23)24/h5-8,11-12H,3-4,9-10H2,1-2H3,(H,25,28). The zero-order chi connectivity index (χ0) is 23.0. The highest BCUT2D eigenvalue weighted by molar-refractivity contribution is 7.89. The number of rotatable bonds is 5. The van der Waals surface area contributed by atoms with Crippen LogP contribution in [0.3, 0.4) is 0 Å². The SMILES string of the molecule is CN(C)S(=O)(=O)c1ccc(N2CCCC2)c(C(=O)Nc2ccc(Cl)c(C(F)(F)F)c2)c1. The summed E-state index contributed by atoms with van der Waals surface area (Å²) in [4.78, 5) is 14.9. The molecule has 168 valence electrons. The summed E-state index contributed by atoms with van der Waals surface area (Å²) in [5, 5.41) is 1.95. The third kappa shape index (κ3) is 4.97. The van der Waals surface area contributed by atoms with E-state index >= 15 is 0 Å². The third-order valence-electron chi connectivity index (χ3n) is 4.97. The van der Waals surface area contributed by atoms with Crippen molar-refractivity contribution in [2.75, 3.05) is 37.4 Å². The van der Waals surface area contributed by atoms with Crippen LogP contribution in [-0.2, 0) is 16.2 Å². The highest BCUT2D eigenvalue weighted by Crippen LogP contribution is 2.36. The molecule has 1 heterocycles. The number of benzene rings is 2. The van der Waals surface area contributed by atoms with E-state index in [2.05, 4.69) is 5.32 Å². The molecule has 0 bridgehead atoms. The molecular weight excluding hydrogens is 455 g/mol. The van der Waals surface area contributed by atoms with E-state index in [0.717, 1.165) is 29.3 Å². The molecular formula is C20H21ClF3N3O3S. The van der Waals surface area contributed by atoms with E-state index in [4.69, 9.17) is 11.6 Å². The quantitative estimate of drug-likeness (QED) is 0.693. The Labute approximate surface area is 183 Å². The molecule has 31 heavy (non-hydrogen) atoms. The van der Waals surface area contributed by atoms with Gasteiger partial charge in [0.2, 0.25) is 10.0 Å². The van der Waals surface area contributed by atoms with Gasteiger partial charge in [-0.15, -0.1) is 0 Å². The number of anilines is 2. The minimum atomic E-state index is -4.68. The number of carbonyl (C=O) groups excluding carboxylic acids is 1. The van der Waals surface area contributed by atoms with Gasteiger partial charge in [0.25, 0.3) is 5.91 Å². The first kappa shape index (κ1) is 23.4. The van der Waals surface area contributed by atoms with Crippen LogP contribution in [0, 0.1) is 0 Å². The monoisotopic (exact) mass is 475 g/mol. The molecule has 3 rings (SSSR count). The summed E-state index contributed by atoms with van der Waals surface area (Å²) in [5.41, 5.74) is -0.586. The summed E-state index contributed by atoms with van der Waals surface area (Å²) in [6.07, 6.45) is -2.84. The average Bonchev–Trinajstić information content (AvgIpc) is 3.22. The van der Waals surface area contributed by atoms with E-state index in [1.165, 1.54) is 32.3 Å². The normalized spacial score (nSPS) is 14.9. The lowest BCUT2D eigenvalue weighted by Gasteiger charge is -2.22. The van der Waals surface area contributed by atoms with Crippen LogP contribution >= 0.6 is 11.6 Å². The molecule has 0 aromatic heterocycles. The highest BCUT2D eigenvalue weighted by Gasteiger charge is 2.33. The molecule has 0 unspecified atom stereocenters. The van der Waals surface area contributed by atoms with Gasteiger partial charge in [-0.05, 0) is 49.2 Å². The second-order valence-electron chi connectivity index (χ2n) is 7.31. The number of nitrogens with one attached hydrogen (secondary N) is 1. The van der Waals surface area contributed by atoms with Crippen LogP contribution in [0.25, 0.3) is 0 Å². The molecule has 2 aromatic rings. The fraction of sp³-hybridized carbons (Fsp3) is 0.350. The molecule has 1 amide bonds. The molecule has 1 aliphatic heterocycles. The Kier molecular flexibility index (Phi) is 6.54. The van der Waals surface area contributed by atoms with Gasteiger partial charge in [0.15, 0.2) is 0 Å². The summed E-state index contributed by atoms with van der Waals surface area (Å²) in [7, 11) is -1.07. The zero-order valence-electron chi connectivity index (χ0n) is 16.8. The van der Waals surface area contributed by atoms with Crippen LogP contribution in [0.1, 0.15) is 28.8 Å². The number of hydrogen-bond acceptors (Lipinski definition) is 4. The molecule has 6 nitrogen and oxygen atoms in total. The smallest absolute Gasteiger partial charge is 0.371 e. The predicted molar refractivity (Wildman–Crippen MR) is 113 cm³/mol. The number of halogens is 4. The van der Waals surface area contributed by atoms with Gasteiger partial charge in [-0.3, -0.25) is 4.79 Å². The van der Waals surface area contributed by atoms with Crippen molar-refractivity contribution in [3.63, 3.8) is 0 Å². The van der Waals surface area contributed by atoms with Gasteiger partial charge in [0.05, 0.1) is 21.0 Å². The van der Waals surface area contributed by atoms with Crippen LogP contribution in [0.5, 0.6) is 0 Å². The Bertz CT molecular complexity index is 1100. The first-order valence-electron chi connectivity index (χ1n) is 9.41. The second kappa shape index (κ2) is 8.68. The van der Waals surface area contributed by atoms with Crippen LogP contribution in [0.15, 0.2) is 41.3 Å². The minimum absolute atomic E-state index is 0.0633. The van der Waals surface area contributed by atoms with E-state index in [-0.39, 0.29) is 16.1 Å². The molecule has 0 saturated carbocycles. The van der Waals surface area contributed by atoms with Crippen molar-refractivity contribution in [3.05, 3.63) is 52.5 Å². The van der Waals surface area contributed by atoms with Crippen LogP contribution in [0.2, 0.25) is 5.02 Å². The van der Waals surface area contributed by atoms with Gasteiger partial charge < -0.3 is 10.2 Å². The maximum Gasteiger partial charge on any atom is 0.417 e. The number of sulfonamides is 1. The molecule has 0 radical (unpaired) electrons. The Morgan fingerprint density at radius 3 is 2.32 bits per heavy atom. The van der Waals surface area contributed by atoms with Crippen molar-refractivity contribution in [2.24, 2.45) is 0 Å². The molecule has 1 aliphatic rings. The lowest BCUT2D eigenvalue weighted by molar-refractivity contribution is -0.137. The molecule has 1 N–H and O–H groups in total. The minimum Gasteiger partial charge on any atom is -0.371 e. The van der Waals surface area contributed by atoms with Crippen LogP contribution in [0.4, 0.5) is 24.5 Å². The van der Waals surface area contributed by atoms with E-state index in [1.807, 2.05) is 4.90 Å². The molecule has 11 heteroatoms. The number of carbonyl (C=O) groups is 1. The summed E-state index contributed by atoms with van der Waals surface area (Å²) in [5.74, 6) is -0.715. The van der Waals surface area contributed by atoms with Crippen molar-refractivity contribution in [1.82, 2.24) is 4.31 Å². The molecule has 0 aliphatic carbocycles. The summed E-state index contributed by atoms with van der Waals surface area (Å²) in [6.45, 7) is 1.39. The fourth-order valence-corrected chi connectivity index (χ4v) is 4.47. The molecule has 2 aromatic carbocycles. The molecule has 0 atom stereocenters. The van der Waals surface area contributed by atoms with E-state index in [9.17, 15) is 26.4 Å². The predicted octanol–water partition coefficient (Wildman–Crippen LogP) is 4.46. The van der Waals surface area contributed by atoms with Gasteiger partial charge in [-0.25, -0.2) is 12.7 Å².